The molecule has 6 nitrogen and oxygen atoms in total. The van der Waals surface area contributed by atoms with Gasteiger partial charge in [0.05, 0.1) is 18.1 Å². The van der Waals surface area contributed by atoms with Gasteiger partial charge in [-0.25, -0.2) is 0 Å². The van der Waals surface area contributed by atoms with Gasteiger partial charge in [0, 0.05) is 5.69 Å². The Hall–Kier alpha value is -3.76. The summed E-state index contributed by atoms with van der Waals surface area (Å²) >= 11 is 1.28. The fraction of sp³-hybridized carbons (Fsp3) is 0.323. The first-order valence-corrected chi connectivity index (χ1v) is 13.9. The van der Waals surface area contributed by atoms with Gasteiger partial charge in [0.1, 0.15) is 22.4 Å². The number of anilines is 1. The Morgan fingerprint density at radius 1 is 1.11 bits per heavy atom. The molecule has 196 valence electrons. The Kier molecular flexibility index (Phi) is 9.09. The highest BCUT2D eigenvalue weighted by Crippen LogP contribution is 2.42. The highest BCUT2D eigenvalue weighted by molar-refractivity contribution is 8.05. The molecular formula is C31H33N3O3S. The molecule has 0 saturated carbocycles. The van der Waals surface area contributed by atoms with E-state index >= 15 is 0 Å². The van der Waals surface area contributed by atoms with Crippen molar-refractivity contribution in [3.63, 3.8) is 0 Å². The van der Waals surface area contributed by atoms with E-state index < -0.39 is 11.2 Å². The number of furan rings is 1. The minimum Gasteiger partial charge on any atom is -0.467 e. The van der Waals surface area contributed by atoms with E-state index in [0.717, 1.165) is 30.4 Å². The number of nitriles is 1. The third kappa shape index (κ3) is 6.38. The van der Waals surface area contributed by atoms with Crippen molar-refractivity contribution in [3.05, 3.63) is 100.0 Å². The average molecular weight is 528 g/mol. The van der Waals surface area contributed by atoms with Gasteiger partial charge in [-0.1, -0.05) is 75.4 Å². The number of rotatable bonds is 10. The molecule has 1 aromatic heterocycles. The Morgan fingerprint density at radius 2 is 1.82 bits per heavy atom. The molecule has 1 atom stereocenters. The number of aryl methyl sites for hydroxylation is 1. The molecular weight excluding hydrogens is 494 g/mol. The zero-order valence-electron chi connectivity index (χ0n) is 22.1. The Balaban J connectivity index is 1.63. The quantitative estimate of drug-likeness (QED) is 0.241. The van der Waals surface area contributed by atoms with E-state index in [0.29, 0.717) is 28.8 Å². The molecule has 0 aliphatic carbocycles. The monoisotopic (exact) mass is 527 g/mol. The summed E-state index contributed by atoms with van der Waals surface area (Å²) in [5, 5.41) is 12.7. The van der Waals surface area contributed by atoms with Crippen LogP contribution in [0.25, 0.3) is 0 Å². The summed E-state index contributed by atoms with van der Waals surface area (Å²) < 4.78 is 5.29. The van der Waals surface area contributed by atoms with Crippen LogP contribution in [0.2, 0.25) is 0 Å². The minimum absolute atomic E-state index is 0.0831. The fourth-order valence-electron chi connectivity index (χ4n) is 4.34. The topological polar surface area (TPSA) is 86.3 Å². The highest BCUT2D eigenvalue weighted by atomic mass is 32.2. The Bertz CT molecular complexity index is 1320. The molecule has 1 aliphatic rings. The van der Waals surface area contributed by atoms with Gasteiger partial charge in [0.2, 0.25) is 5.91 Å². The first-order chi connectivity index (χ1) is 18.4. The molecule has 2 heterocycles. The number of hydrogen-bond donors (Lipinski definition) is 1. The van der Waals surface area contributed by atoms with Crippen LogP contribution in [0.15, 0.2) is 81.9 Å². The van der Waals surface area contributed by atoms with E-state index in [1.165, 1.54) is 28.5 Å². The van der Waals surface area contributed by atoms with E-state index in [9.17, 15) is 14.9 Å². The molecule has 1 fully saturated rings. The van der Waals surface area contributed by atoms with Gasteiger partial charge in [0.15, 0.2) is 0 Å². The van der Waals surface area contributed by atoms with Crippen LogP contribution in [0.3, 0.4) is 0 Å². The zero-order chi connectivity index (χ0) is 27.1. The number of amides is 2. The van der Waals surface area contributed by atoms with Crippen LogP contribution in [0.1, 0.15) is 62.0 Å². The van der Waals surface area contributed by atoms with Gasteiger partial charge >= 0.3 is 0 Å². The number of carbonyl (C=O) groups is 2. The maximum absolute atomic E-state index is 13.8. The number of unbranched alkanes of at least 4 members (excludes halogenated alkanes) is 1. The molecule has 0 bridgehead atoms. The third-order valence-corrected chi connectivity index (χ3v) is 7.85. The number of hydrogen-bond acceptors (Lipinski definition) is 5. The highest BCUT2D eigenvalue weighted by Gasteiger charge is 2.40. The lowest BCUT2D eigenvalue weighted by Crippen LogP contribution is -2.32. The van der Waals surface area contributed by atoms with E-state index in [-0.39, 0.29) is 18.0 Å². The summed E-state index contributed by atoms with van der Waals surface area (Å²) in [5.74, 6) is 0.253. The summed E-state index contributed by atoms with van der Waals surface area (Å²) in [7, 11) is 0. The number of benzene rings is 2. The number of carbonyl (C=O) groups excluding carboxylic acids is 2. The normalized spacial score (nSPS) is 16.6. The summed E-state index contributed by atoms with van der Waals surface area (Å²) in [5.41, 5.74) is 4.04. The summed E-state index contributed by atoms with van der Waals surface area (Å²) in [6, 6.07) is 21.7. The Labute approximate surface area is 228 Å². The second-order valence-electron chi connectivity index (χ2n) is 9.70. The molecule has 38 heavy (non-hydrogen) atoms. The molecule has 1 N–H and O–H groups in total. The smallest absolute Gasteiger partial charge is 0.265 e. The van der Waals surface area contributed by atoms with Crippen molar-refractivity contribution in [1.29, 1.82) is 5.26 Å². The molecule has 1 saturated heterocycles. The van der Waals surface area contributed by atoms with Crippen LogP contribution >= 0.6 is 11.8 Å². The fourth-order valence-corrected chi connectivity index (χ4v) is 5.64. The molecule has 0 radical (unpaired) electrons. The van der Waals surface area contributed by atoms with E-state index in [1.807, 2.05) is 24.3 Å². The SMILES string of the molecule is CCCCc1ccc(CC2S/C(=C(/C#N)C(=O)NCc3ccco3)N(c3ccc(C(C)C)cc3)C2=O)cc1. The first-order valence-electron chi connectivity index (χ1n) is 13.0. The molecule has 7 heteroatoms. The van der Waals surface area contributed by atoms with Crippen molar-refractivity contribution >= 4 is 29.3 Å². The van der Waals surface area contributed by atoms with Crippen molar-refractivity contribution < 1.29 is 14.0 Å². The maximum Gasteiger partial charge on any atom is 0.265 e. The predicted octanol–water partition coefficient (Wildman–Crippen LogP) is 6.49. The van der Waals surface area contributed by atoms with Crippen molar-refractivity contribution in [2.45, 2.75) is 64.2 Å². The standard InChI is InChI=1S/C31H33N3O3S/c1-4-5-7-22-9-11-23(12-10-22)18-28-30(36)34(25-15-13-24(14-16-25)21(2)3)31(38-28)27(19-32)29(35)33-20-26-8-6-17-37-26/h6,8-17,21,28H,4-5,7,18,20H2,1-3H3,(H,33,35)/b31-27-. The van der Waals surface area contributed by atoms with Crippen LogP contribution in [-0.2, 0) is 29.0 Å². The lowest BCUT2D eigenvalue weighted by molar-refractivity contribution is -0.117. The first kappa shape index (κ1) is 27.3. The second kappa shape index (κ2) is 12.7. The van der Waals surface area contributed by atoms with E-state index in [1.54, 1.807) is 12.1 Å². The largest absolute Gasteiger partial charge is 0.467 e. The van der Waals surface area contributed by atoms with Gasteiger partial charge in [-0.15, -0.1) is 0 Å². The minimum atomic E-state index is -0.538. The maximum atomic E-state index is 13.8. The lowest BCUT2D eigenvalue weighted by atomic mass is 10.0. The summed E-state index contributed by atoms with van der Waals surface area (Å²) in [6.07, 6.45) is 5.37. The molecule has 2 amide bonds. The third-order valence-electron chi connectivity index (χ3n) is 6.59. The van der Waals surface area contributed by atoms with Crippen LogP contribution in [0.4, 0.5) is 5.69 Å². The lowest BCUT2D eigenvalue weighted by Gasteiger charge is -2.19. The molecule has 2 aromatic carbocycles. The van der Waals surface area contributed by atoms with Crippen LogP contribution in [-0.4, -0.2) is 17.1 Å². The van der Waals surface area contributed by atoms with Crippen LogP contribution in [0.5, 0.6) is 0 Å². The molecule has 3 aromatic rings. The van der Waals surface area contributed by atoms with E-state index in [2.05, 4.69) is 56.4 Å². The summed E-state index contributed by atoms with van der Waals surface area (Å²) in [6.45, 7) is 6.55. The molecule has 1 unspecified atom stereocenters. The average Bonchev–Trinajstić information content (AvgIpc) is 3.56. The molecule has 4 rings (SSSR count). The Morgan fingerprint density at radius 3 is 2.42 bits per heavy atom. The van der Waals surface area contributed by atoms with Crippen molar-refractivity contribution in [2.75, 3.05) is 4.90 Å². The zero-order valence-corrected chi connectivity index (χ0v) is 22.9. The van der Waals surface area contributed by atoms with Gasteiger partial charge in [-0.05, 0) is 66.1 Å². The van der Waals surface area contributed by atoms with Crippen LogP contribution in [0, 0.1) is 11.3 Å². The van der Waals surface area contributed by atoms with Gasteiger partial charge < -0.3 is 9.73 Å². The summed E-state index contributed by atoms with van der Waals surface area (Å²) in [4.78, 5) is 28.4. The van der Waals surface area contributed by atoms with E-state index in [4.69, 9.17) is 4.42 Å². The number of nitrogens with one attached hydrogen (secondary N) is 1. The van der Waals surface area contributed by atoms with Crippen LogP contribution < -0.4 is 10.2 Å². The van der Waals surface area contributed by atoms with Crippen molar-refractivity contribution in [1.82, 2.24) is 5.32 Å². The number of nitrogens with zero attached hydrogens (tertiary/aromatic N) is 2. The molecule has 0 spiro atoms. The number of thioether (sulfide) groups is 1. The molecule has 1 aliphatic heterocycles. The van der Waals surface area contributed by atoms with Gasteiger partial charge in [0.25, 0.3) is 5.91 Å². The van der Waals surface area contributed by atoms with Crippen molar-refractivity contribution in [3.8, 4) is 6.07 Å². The second-order valence-corrected chi connectivity index (χ2v) is 10.9. The van der Waals surface area contributed by atoms with Gasteiger partial charge in [-0.3, -0.25) is 14.5 Å². The van der Waals surface area contributed by atoms with Gasteiger partial charge in [-0.2, -0.15) is 5.26 Å². The van der Waals surface area contributed by atoms with Crippen molar-refractivity contribution in [2.24, 2.45) is 0 Å². The predicted molar refractivity (Wildman–Crippen MR) is 151 cm³/mol.